The molecule has 0 spiro atoms. The van der Waals surface area contributed by atoms with Gasteiger partial charge in [0.15, 0.2) is 0 Å². The van der Waals surface area contributed by atoms with Crippen LogP contribution in [0.3, 0.4) is 0 Å². The first-order chi connectivity index (χ1) is 8.20. The minimum atomic E-state index is 0.0990. The number of nitriles is 1. The fourth-order valence-corrected chi connectivity index (χ4v) is 2.32. The van der Waals surface area contributed by atoms with Crippen LogP contribution in [0.15, 0.2) is 12.1 Å². The molecule has 2 rings (SSSR count). The predicted octanol–water partition coefficient (Wildman–Crippen LogP) is 1.88. The van der Waals surface area contributed by atoms with Crippen molar-refractivity contribution in [2.75, 3.05) is 0 Å². The number of aryl methyl sites for hydroxylation is 1. The number of pyridine rings is 1. The zero-order valence-corrected chi connectivity index (χ0v) is 9.98. The summed E-state index contributed by atoms with van der Waals surface area (Å²) in [4.78, 5) is 4.29. The monoisotopic (exact) mass is 231 g/mol. The number of nitrogens with zero attached hydrogens (tertiary/aromatic N) is 2. The van der Waals surface area contributed by atoms with Crippen LogP contribution in [0.25, 0.3) is 0 Å². The number of hydrogen-bond acceptors (Lipinski definition) is 4. The summed E-state index contributed by atoms with van der Waals surface area (Å²) in [6.07, 6.45) is 3.11. The second-order valence-electron chi connectivity index (χ2n) is 4.57. The summed E-state index contributed by atoms with van der Waals surface area (Å²) in [5.74, 6) is 0.316. The zero-order valence-electron chi connectivity index (χ0n) is 9.98. The second kappa shape index (κ2) is 5.15. The molecule has 2 atom stereocenters. The molecule has 0 aliphatic heterocycles. The van der Waals surface area contributed by atoms with Crippen LogP contribution in [0.2, 0.25) is 0 Å². The molecule has 1 aromatic heterocycles. The van der Waals surface area contributed by atoms with Gasteiger partial charge < -0.3 is 10.4 Å². The molecule has 2 N–H and O–H groups in total. The third kappa shape index (κ3) is 2.75. The van der Waals surface area contributed by atoms with Gasteiger partial charge in [-0.3, -0.25) is 4.98 Å². The Morgan fingerprint density at radius 1 is 1.53 bits per heavy atom. The van der Waals surface area contributed by atoms with E-state index in [4.69, 9.17) is 5.26 Å². The smallest absolute Gasteiger partial charge is 0.138 e. The SMILES string of the molecule is Cc1ccc(O)c(CNC2CCCC2C#N)n1. The summed E-state index contributed by atoms with van der Waals surface area (Å²) < 4.78 is 0. The lowest BCUT2D eigenvalue weighted by Gasteiger charge is -2.15. The molecule has 0 amide bonds. The van der Waals surface area contributed by atoms with E-state index in [0.29, 0.717) is 12.2 Å². The maximum Gasteiger partial charge on any atom is 0.138 e. The maximum absolute atomic E-state index is 9.66. The molecular weight excluding hydrogens is 214 g/mol. The number of aromatic hydroxyl groups is 1. The predicted molar refractivity (Wildman–Crippen MR) is 64.2 cm³/mol. The van der Waals surface area contributed by atoms with E-state index < -0.39 is 0 Å². The molecule has 0 radical (unpaired) electrons. The van der Waals surface area contributed by atoms with E-state index in [1.807, 2.05) is 6.92 Å². The Balaban J connectivity index is 1.98. The molecule has 2 unspecified atom stereocenters. The van der Waals surface area contributed by atoms with E-state index >= 15 is 0 Å². The minimum absolute atomic E-state index is 0.0990. The Labute approximate surface area is 101 Å². The van der Waals surface area contributed by atoms with Crippen molar-refractivity contribution >= 4 is 0 Å². The summed E-state index contributed by atoms with van der Waals surface area (Å²) in [7, 11) is 0. The molecule has 1 saturated carbocycles. The van der Waals surface area contributed by atoms with Crippen molar-refractivity contribution in [1.29, 1.82) is 5.26 Å². The van der Waals surface area contributed by atoms with Gasteiger partial charge in [-0.15, -0.1) is 0 Å². The van der Waals surface area contributed by atoms with Crippen LogP contribution in [-0.2, 0) is 6.54 Å². The quantitative estimate of drug-likeness (QED) is 0.833. The average Bonchev–Trinajstić information content (AvgIpc) is 2.77. The van der Waals surface area contributed by atoms with E-state index in [-0.39, 0.29) is 17.7 Å². The van der Waals surface area contributed by atoms with Crippen molar-refractivity contribution < 1.29 is 5.11 Å². The fraction of sp³-hybridized carbons (Fsp3) is 0.538. The Kier molecular flexibility index (Phi) is 3.60. The van der Waals surface area contributed by atoms with Gasteiger partial charge in [0.25, 0.3) is 0 Å². The highest BCUT2D eigenvalue weighted by Gasteiger charge is 2.26. The molecule has 1 aliphatic carbocycles. The number of rotatable bonds is 3. The molecule has 0 bridgehead atoms. The Hall–Kier alpha value is -1.60. The van der Waals surface area contributed by atoms with Gasteiger partial charge in [0.05, 0.1) is 17.7 Å². The fourth-order valence-electron chi connectivity index (χ4n) is 2.32. The molecule has 90 valence electrons. The minimum Gasteiger partial charge on any atom is -0.506 e. The van der Waals surface area contributed by atoms with Gasteiger partial charge >= 0.3 is 0 Å². The van der Waals surface area contributed by atoms with E-state index in [1.54, 1.807) is 12.1 Å². The molecule has 1 fully saturated rings. The molecule has 1 aliphatic rings. The van der Waals surface area contributed by atoms with Crippen molar-refractivity contribution in [3.8, 4) is 11.8 Å². The molecule has 4 heteroatoms. The van der Waals surface area contributed by atoms with Crippen LogP contribution >= 0.6 is 0 Å². The van der Waals surface area contributed by atoms with Gasteiger partial charge in [-0.1, -0.05) is 6.42 Å². The lowest BCUT2D eigenvalue weighted by molar-refractivity contribution is 0.433. The van der Waals surface area contributed by atoms with Crippen molar-refractivity contribution in [3.05, 3.63) is 23.5 Å². The summed E-state index contributed by atoms with van der Waals surface area (Å²) in [6, 6.07) is 6.02. The van der Waals surface area contributed by atoms with Gasteiger partial charge in [-0.2, -0.15) is 5.26 Å². The Morgan fingerprint density at radius 2 is 2.35 bits per heavy atom. The number of nitrogens with one attached hydrogen (secondary N) is 1. The van der Waals surface area contributed by atoms with E-state index in [1.165, 1.54) is 0 Å². The maximum atomic E-state index is 9.66. The summed E-state index contributed by atoms with van der Waals surface area (Å²) in [5.41, 5.74) is 1.55. The molecule has 1 aromatic rings. The standard InChI is InChI=1S/C13H17N3O/c1-9-5-6-13(17)12(16-9)8-15-11-4-2-3-10(11)7-14/h5-6,10-11,15,17H,2-4,8H2,1H3. The topological polar surface area (TPSA) is 68.9 Å². The number of hydrogen-bond donors (Lipinski definition) is 2. The molecule has 1 heterocycles. The molecule has 0 aromatic carbocycles. The second-order valence-corrected chi connectivity index (χ2v) is 4.57. The van der Waals surface area contributed by atoms with Gasteiger partial charge in [-0.25, -0.2) is 0 Å². The normalized spacial score (nSPS) is 23.5. The number of aromatic nitrogens is 1. The van der Waals surface area contributed by atoms with Crippen LogP contribution in [0, 0.1) is 24.2 Å². The molecule has 0 saturated heterocycles. The van der Waals surface area contributed by atoms with Gasteiger partial charge in [0, 0.05) is 18.3 Å². The van der Waals surface area contributed by atoms with Crippen molar-refractivity contribution in [1.82, 2.24) is 10.3 Å². The van der Waals surface area contributed by atoms with Crippen LogP contribution < -0.4 is 5.32 Å². The third-order valence-corrected chi connectivity index (χ3v) is 3.30. The summed E-state index contributed by atoms with van der Waals surface area (Å²) in [6.45, 7) is 2.42. The highest BCUT2D eigenvalue weighted by atomic mass is 16.3. The Bertz CT molecular complexity index is 439. The van der Waals surface area contributed by atoms with Gasteiger partial charge in [0.2, 0.25) is 0 Å². The first-order valence-electron chi connectivity index (χ1n) is 5.99. The molecule has 17 heavy (non-hydrogen) atoms. The van der Waals surface area contributed by atoms with Crippen molar-refractivity contribution in [3.63, 3.8) is 0 Å². The molecular formula is C13H17N3O. The lowest BCUT2D eigenvalue weighted by atomic mass is 10.1. The lowest BCUT2D eigenvalue weighted by Crippen LogP contribution is -2.31. The van der Waals surface area contributed by atoms with E-state index in [9.17, 15) is 5.11 Å². The first kappa shape index (κ1) is 11.9. The van der Waals surface area contributed by atoms with Crippen LogP contribution in [-0.4, -0.2) is 16.1 Å². The van der Waals surface area contributed by atoms with Gasteiger partial charge in [0.1, 0.15) is 5.75 Å². The Morgan fingerprint density at radius 3 is 3.12 bits per heavy atom. The zero-order chi connectivity index (χ0) is 12.3. The van der Waals surface area contributed by atoms with Gasteiger partial charge in [-0.05, 0) is 31.9 Å². The van der Waals surface area contributed by atoms with Crippen LogP contribution in [0.1, 0.15) is 30.7 Å². The molecule has 4 nitrogen and oxygen atoms in total. The average molecular weight is 231 g/mol. The van der Waals surface area contributed by atoms with Crippen LogP contribution in [0.5, 0.6) is 5.75 Å². The largest absolute Gasteiger partial charge is 0.506 e. The van der Waals surface area contributed by atoms with E-state index in [2.05, 4.69) is 16.4 Å². The van der Waals surface area contributed by atoms with Crippen LogP contribution in [0.4, 0.5) is 0 Å². The van der Waals surface area contributed by atoms with E-state index in [0.717, 1.165) is 25.0 Å². The van der Waals surface area contributed by atoms with Crippen molar-refractivity contribution in [2.24, 2.45) is 5.92 Å². The highest BCUT2D eigenvalue weighted by Crippen LogP contribution is 2.25. The first-order valence-corrected chi connectivity index (χ1v) is 5.99. The third-order valence-electron chi connectivity index (χ3n) is 3.30. The van der Waals surface area contributed by atoms with Crippen molar-refractivity contribution in [2.45, 2.75) is 38.8 Å². The summed E-state index contributed by atoms with van der Waals surface area (Å²) >= 11 is 0. The summed E-state index contributed by atoms with van der Waals surface area (Å²) in [5, 5.41) is 22.0. The highest BCUT2D eigenvalue weighted by molar-refractivity contribution is 5.27.